The first kappa shape index (κ1) is 20.7. The number of nitrogens with zero attached hydrogens (tertiary/aromatic N) is 6. The summed E-state index contributed by atoms with van der Waals surface area (Å²) in [7, 11) is 0. The summed E-state index contributed by atoms with van der Waals surface area (Å²) in [5.74, 6) is 1.04. The second kappa shape index (κ2) is 8.51. The van der Waals surface area contributed by atoms with Gasteiger partial charge in [-0.15, -0.1) is 0 Å². The lowest BCUT2D eigenvalue weighted by Crippen LogP contribution is -2.56. The second-order valence-corrected chi connectivity index (χ2v) is 9.46. The third-order valence-corrected chi connectivity index (χ3v) is 7.38. The minimum atomic E-state index is 0.282. The molecule has 0 aliphatic carbocycles. The highest BCUT2D eigenvalue weighted by atomic mass is 16.5. The molecule has 178 valence electrons. The topological polar surface area (TPSA) is 82.3 Å². The molecule has 4 aromatic rings. The van der Waals surface area contributed by atoms with Crippen LogP contribution < -0.4 is 15.6 Å². The Morgan fingerprint density at radius 1 is 1.00 bits per heavy atom. The molecule has 9 heteroatoms. The van der Waals surface area contributed by atoms with Gasteiger partial charge in [0, 0.05) is 68.6 Å². The van der Waals surface area contributed by atoms with Gasteiger partial charge in [-0.2, -0.15) is 5.10 Å². The smallest absolute Gasteiger partial charge is 0.180 e. The van der Waals surface area contributed by atoms with Crippen LogP contribution in [0.15, 0.2) is 60.0 Å². The molecular weight excluding hydrogens is 440 g/mol. The third kappa shape index (κ3) is 3.77. The standard InChI is InChI=1S/C26H28N8O/c1-6-23-24(13-18(1)19-14-28-29-15-19)34-8-7-27-26(34)25(31-23)30-20-2-4-21(5-3-20)32-9-11-33(12-10-32)22-16-35-17-22/h1-8,13-14,19,22,29H,9-12,15-17H2,(H,30,31). The lowest BCUT2D eigenvalue weighted by Gasteiger charge is -2.43. The number of hydrogen-bond acceptors (Lipinski definition) is 8. The molecule has 0 bridgehead atoms. The fourth-order valence-corrected chi connectivity index (χ4v) is 5.21. The number of nitrogens with one attached hydrogen (secondary N) is 2. The van der Waals surface area contributed by atoms with Crippen molar-refractivity contribution in [3.63, 3.8) is 0 Å². The summed E-state index contributed by atoms with van der Waals surface area (Å²) in [4.78, 5) is 14.5. The molecular formula is C26H28N8O. The molecule has 5 heterocycles. The van der Waals surface area contributed by atoms with Gasteiger partial charge in [0.2, 0.25) is 0 Å². The minimum absolute atomic E-state index is 0.282. The van der Waals surface area contributed by atoms with Crippen LogP contribution in [0.4, 0.5) is 17.2 Å². The summed E-state index contributed by atoms with van der Waals surface area (Å²) in [5, 5.41) is 7.65. The SMILES string of the molecule is C1=NNCC1c1ccc2nc(Nc3ccc(N4CCN(C5COC5)CC4)cc3)c3nccn3c2c1. The van der Waals surface area contributed by atoms with Crippen molar-refractivity contribution in [1.29, 1.82) is 0 Å². The van der Waals surface area contributed by atoms with Crippen LogP contribution in [-0.4, -0.2) is 77.5 Å². The van der Waals surface area contributed by atoms with Gasteiger partial charge >= 0.3 is 0 Å². The van der Waals surface area contributed by atoms with Gasteiger partial charge in [0.05, 0.1) is 30.3 Å². The Morgan fingerprint density at radius 3 is 2.60 bits per heavy atom. The molecule has 2 N–H and O–H groups in total. The summed E-state index contributed by atoms with van der Waals surface area (Å²) in [6.07, 6.45) is 5.78. The van der Waals surface area contributed by atoms with Crippen molar-refractivity contribution < 1.29 is 4.74 Å². The molecule has 9 nitrogen and oxygen atoms in total. The Bertz CT molecular complexity index is 1390. The predicted octanol–water partition coefficient (Wildman–Crippen LogP) is 2.82. The Labute approximate surface area is 203 Å². The van der Waals surface area contributed by atoms with Crippen molar-refractivity contribution in [2.75, 3.05) is 56.2 Å². The highest BCUT2D eigenvalue weighted by Crippen LogP contribution is 2.28. The van der Waals surface area contributed by atoms with E-state index >= 15 is 0 Å². The van der Waals surface area contributed by atoms with Crippen LogP contribution in [0.2, 0.25) is 0 Å². The molecule has 0 spiro atoms. The summed E-state index contributed by atoms with van der Waals surface area (Å²) in [6.45, 7) is 6.90. The number of anilines is 3. The van der Waals surface area contributed by atoms with Gasteiger partial charge in [0.1, 0.15) is 0 Å². The van der Waals surface area contributed by atoms with E-state index < -0.39 is 0 Å². The van der Waals surface area contributed by atoms with Crippen LogP contribution in [0.5, 0.6) is 0 Å². The molecule has 2 aromatic carbocycles. The number of piperazine rings is 1. The van der Waals surface area contributed by atoms with Crippen molar-refractivity contribution in [2.24, 2.45) is 5.10 Å². The molecule has 3 aliphatic rings. The highest BCUT2D eigenvalue weighted by Gasteiger charge is 2.28. The van der Waals surface area contributed by atoms with E-state index in [0.717, 1.165) is 74.1 Å². The zero-order chi connectivity index (χ0) is 23.2. The quantitative estimate of drug-likeness (QED) is 0.466. The molecule has 7 rings (SSSR count). The maximum absolute atomic E-state index is 5.35. The zero-order valence-corrected chi connectivity index (χ0v) is 19.5. The van der Waals surface area contributed by atoms with Crippen molar-refractivity contribution in [3.8, 4) is 0 Å². The lowest BCUT2D eigenvalue weighted by molar-refractivity contribution is -0.0660. The van der Waals surface area contributed by atoms with Gasteiger partial charge in [-0.3, -0.25) is 9.30 Å². The summed E-state index contributed by atoms with van der Waals surface area (Å²) >= 11 is 0. The molecule has 2 fully saturated rings. The molecule has 1 unspecified atom stereocenters. The number of aromatic nitrogens is 3. The van der Waals surface area contributed by atoms with Gasteiger partial charge in [-0.1, -0.05) is 6.07 Å². The van der Waals surface area contributed by atoms with E-state index in [1.54, 1.807) is 0 Å². The zero-order valence-electron chi connectivity index (χ0n) is 19.5. The Kier molecular flexibility index (Phi) is 5.03. The molecule has 3 aliphatic heterocycles. The van der Waals surface area contributed by atoms with Gasteiger partial charge in [0.15, 0.2) is 11.5 Å². The minimum Gasteiger partial charge on any atom is -0.378 e. The number of imidazole rings is 1. The van der Waals surface area contributed by atoms with Crippen molar-refractivity contribution in [3.05, 3.63) is 60.4 Å². The van der Waals surface area contributed by atoms with Gasteiger partial charge in [0.25, 0.3) is 0 Å². The van der Waals surface area contributed by atoms with Crippen LogP contribution in [0.3, 0.4) is 0 Å². The van der Waals surface area contributed by atoms with Gasteiger partial charge in [-0.05, 0) is 42.0 Å². The Morgan fingerprint density at radius 2 is 1.86 bits per heavy atom. The van der Waals surface area contributed by atoms with Crippen molar-refractivity contribution in [2.45, 2.75) is 12.0 Å². The number of rotatable bonds is 5. The van der Waals surface area contributed by atoms with Crippen LogP contribution in [0.25, 0.3) is 16.7 Å². The number of ether oxygens (including phenoxy) is 1. The maximum Gasteiger partial charge on any atom is 0.180 e. The largest absolute Gasteiger partial charge is 0.378 e. The Hall–Kier alpha value is -3.69. The van der Waals surface area contributed by atoms with E-state index in [0.29, 0.717) is 6.04 Å². The van der Waals surface area contributed by atoms with Gasteiger partial charge < -0.3 is 20.4 Å². The van der Waals surface area contributed by atoms with E-state index in [9.17, 15) is 0 Å². The van der Waals surface area contributed by atoms with E-state index in [2.05, 4.69) is 77.5 Å². The fraction of sp³-hybridized carbons (Fsp3) is 0.346. The lowest BCUT2D eigenvalue weighted by atomic mass is 10.0. The molecule has 2 aromatic heterocycles. The molecule has 0 amide bonds. The molecule has 1 atom stereocenters. The fourth-order valence-electron chi connectivity index (χ4n) is 5.21. The predicted molar refractivity (Wildman–Crippen MR) is 138 cm³/mol. The molecule has 35 heavy (non-hydrogen) atoms. The number of fused-ring (bicyclic) bond motifs is 3. The highest BCUT2D eigenvalue weighted by molar-refractivity contribution is 5.86. The summed E-state index contributed by atoms with van der Waals surface area (Å²) in [6, 6.07) is 15.7. The monoisotopic (exact) mass is 468 g/mol. The average molecular weight is 469 g/mol. The molecule has 0 saturated carbocycles. The Balaban J connectivity index is 1.11. The summed E-state index contributed by atoms with van der Waals surface area (Å²) in [5.41, 5.74) is 9.31. The van der Waals surface area contributed by atoms with E-state index in [4.69, 9.17) is 9.72 Å². The van der Waals surface area contributed by atoms with Gasteiger partial charge in [-0.25, -0.2) is 9.97 Å². The van der Waals surface area contributed by atoms with E-state index in [1.165, 1.54) is 11.3 Å². The molecule has 2 saturated heterocycles. The van der Waals surface area contributed by atoms with Crippen LogP contribution in [-0.2, 0) is 4.74 Å². The normalized spacial score (nSPS) is 20.9. The second-order valence-electron chi connectivity index (χ2n) is 9.46. The third-order valence-electron chi connectivity index (χ3n) is 7.38. The number of hydrazone groups is 1. The first-order valence-electron chi connectivity index (χ1n) is 12.3. The average Bonchev–Trinajstić information content (AvgIpc) is 3.57. The van der Waals surface area contributed by atoms with Crippen LogP contribution >= 0.6 is 0 Å². The first-order chi connectivity index (χ1) is 17.3. The van der Waals surface area contributed by atoms with Crippen molar-refractivity contribution in [1.82, 2.24) is 24.7 Å². The van der Waals surface area contributed by atoms with E-state index in [1.807, 2.05) is 18.6 Å². The maximum atomic E-state index is 5.35. The van der Waals surface area contributed by atoms with Crippen LogP contribution in [0.1, 0.15) is 11.5 Å². The van der Waals surface area contributed by atoms with Crippen molar-refractivity contribution >= 4 is 40.1 Å². The number of benzene rings is 2. The van der Waals surface area contributed by atoms with E-state index in [-0.39, 0.29) is 5.92 Å². The van der Waals surface area contributed by atoms with Crippen LogP contribution in [0, 0.1) is 0 Å². The first-order valence-corrected chi connectivity index (χ1v) is 12.3. The summed E-state index contributed by atoms with van der Waals surface area (Å²) < 4.78 is 7.46. The number of hydrogen-bond donors (Lipinski definition) is 2. The molecule has 0 radical (unpaired) electrons.